The molecule has 0 heterocycles. The van der Waals surface area contributed by atoms with Crippen molar-refractivity contribution in [2.45, 2.75) is 124 Å². The highest BCUT2D eigenvalue weighted by Crippen LogP contribution is 2.39. The Hall–Kier alpha value is -2.02. The molecule has 1 aliphatic carbocycles. The van der Waals surface area contributed by atoms with Gasteiger partial charge in [0, 0.05) is 0 Å². The van der Waals surface area contributed by atoms with Crippen molar-refractivity contribution in [1.82, 2.24) is 0 Å². The second-order valence-electron chi connectivity index (χ2n) is 10.9. The minimum Gasteiger partial charge on any atom is -0.494 e. The Labute approximate surface area is 214 Å². The molecule has 0 spiro atoms. The van der Waals surface area contributed by atoms with Crippen LogP contribution in [0.1, 0.15) is 124 Å². The summed E-state index contributed by atoms with van der Waals surface area (Å²) in [5.41, 5.74) is -1.11. The summed E-state index contributed by atoms with van der Waals surface area (Å²) >= 11 is 0. The molecule has 4 heteroatoms. The lowest BCUT2D eigenvalue weighted by Crippen LogP contribution is -2.33. The van der Waals surface area contributed by atoms with Gasteiger partial charge in [0.2, 0.25) is 0 Å². The Morgan fingerprint density at radius 2 is 1.40 bits per heavy atom. The van der Waals surface area contributed by atoms with Crippen molar-refractivity contribution in [3.05, 3.63) is 24.3 Å². The second-order valence-corrected chi connectivity index (χ2v) is 10.9. The number of ether oxygens (including phenoxy) is 2. The topological polar surface area (TPSA) is 59.3 Å². The average molecular weight is 484 g/mol. The normalized spacial score (nSPS) is 19.5. The summed E-state index contributed by atoms with van der Waals surface area (Å²) in [5.74, 6) is 2.06. The number of hydrogen-bond acceptors (Lipinski definition) is 4. The Kier molecular flexibility index (Phi) is 13.9. The van der Waals surface area contributed by atoms with Crippen molar-refractivity contribution >= 4 is 5.97 Å². The van der Waals surface area contributed by atoms with Crippen molar-refractivity contribution < 1.29 is 14.3 Å². The monoisotopic (exact) mass is 483 g/mol. The highest BCUT2D eigenvalue weighted by molar-refractivity contribution is 5.81. The maximum absolute atomic E-state index is 12.9. The first kappa shape index (κ1) is 29.2. The molecule has 196 valence electrons. The molecule has 1 atom stereocenters. The van der Waals surface area contributed by atoms with Gasteiger partial charge in [-0.25, -0.2) is 4.79 Å². The van der Waals surface area contributed by atoms with Gasteiger partial charge in [0.05, 0.1) is 12.7 Å². The molecule has 0 N–H and O–H groups in total. The van der Waals surface area contributed by atoms with Crippen LogP contribution in [0.25, 0.3) is 0 Å². The number of benzene rings is 1. The average Bonchev–Trinajstić information content (AvgIpc) is 2.88. The number of rotatable bonds is 17. The molecule has 1 aliphatic rings. The highest BCUT2D eigenvalue weighted by Gasteiger charge is 2.39. The molecule has 0 bridgehead atoms. The molecule has 4 nitrogen and oxygen atoms in total. The molecule has 35 heavy (non-hydrogen) atoms. The van der Waals surface area contributed by atoms with Crippen molar-refractivity contribution in [2.75, 3.05) is 6.61 Å². The fourth-order valence-corrected chi connectivity index (χ4v) is 5.23. The van der Waals surface area contributed by atoms with Crippen LogP contribution < -0.4 is 9.47 Å². The van der Waals surface area contributed by atoms with Crippen LogP contribution in [0.3, 0.4) is 0 Å². The third kappa shape index (κ3) is 11.1. The van der Waals surface area contributed by atoms with Crippen LogP contribution in [0.4, 0.5) is 0 Å². The van der Waals surface area contributed by atoms with Crippen LogP contribution in [0.2, 0.25) is 0 Å². The minimum absolute atomic E-state index is 0.427. The first-order valence-corrected chi connectivity index (χ1v) is 14.4. The fraction of sp³-hybridized carbons (Fsp3) is 0.742. The van der Waals surface area contributed by atoms with Gasteiger partial charge in [-0.3, -0.25) is 0 Å². The maximum atomic E-state index is 12.9. The first-order valence-electron chi connectivity index (χ1n) is 14.4. The molecule has 1 unspecified atom stereocenters. The molecule has 0 amide bonds. The summed E-state index contributed by atoms with van der Waals surface area (Å²) in [6.07, 6.45) is 19.4. The molecule has 0 aliphatic heterocycles. The van der Waals surface area contributed by atoms with Gasteiger partial charge in [-0.2, -0.15) is 5.26 Å². The Morgan fingerprint density at radius 3 is 2.00 bits per heavy atom. The zero-order valence-corrected chi connectivity index (χ0v) is 22.7. The smallest absolute Gasteiger partial charge is 0.331 e. The minimum atomic E-state index is -1.11. The molecule has 1 fully saturated rings. The van der Waals surface area contributed by atoms with Crippen LogP contribution in [0.5, 0.6) is 11.5 Å². The van der Waals surface area contributed by atoms with Crippen LogP contribution in [-0.4, -0.2) is 12.6 Å². The van der Waals surface area contributed by atoms with Crippen LogP contribution in [-0.2, 0) is 4.79 Å². The summed E-state index contributed by atoms with van der Waals surface area (Å²) in [6.45, 7) is 6.92. The van der Waals surface area contributed by atoms with Crippen molar-refractivity contribution in [2.24, 2.45) is 17.3 Å². The van der Waals surface area contributed by atoms with E-state index in [1.165, 1.54) is 77.0 Å². The lowest BCUT2D eigenvalue weighted by molar-refractivity contribution is -0.142. The standard InChI is InChI=1S/C31H49NO3/c1-4-6-8-10-12-14-26-15-17-27(18-16-26)24-31(3,25-32)30(33)35-29-21-19-28(20-22-29)34-23-13-11-9-7-5-2/h19-22,26-27H,4-18,23-24H2,1-3H3. The van der Waals surface area contributed by atoms with Crippen molar-refractivity contribution in [3.8, 4) is 17.6 Å². The Morgan fingerprint density at radius 1 is 0.857 bits per heavy atom. The number of nitrogens with zero attached hydrogens (tertiary/aromatic N) is 1. The van der Waals surface area contributed by atoms with Crippen LogP contribution in [0, 0.1) is 28.6 Å². The van der Waals surface area contributed by atoms with E-state index in [2.05, 4.69) is 19.9 Å². The van der Waals surface area contributed by atoms with E-state index in [9.17, 15) is 10.1 Å². The summed E-state index contributed by atoms with van der Waals surface area (Å²) in [7, 11) is 0. The van der Waals surface area contributed by atoms with Gasteiger partial charge >= 0.3 is 5.97 Å². The Balaban J connectivity index is 1.73. The number of esters is 1. The summed E-state index contributed by atoms with van der Waals surface area (Å²) in [5, 5.41) is 9.85. The zero-order chi connectivity index (χ0) is 25.4. The first-order chi connectivity index (χ1) is 17.0. The molecule has 0 saturated heterocycles. The number of carbonyl (C=O) groups is 1. The molecule has 0 aromatic heterocycles. The van der Waals surface area contributed by atoms with Crippen molar-refractivity contribution in [3.63, 3.8) is 0 Å². The van der Waals surface area contributed by atoms with E-state index in [-0.39, 0.29) is 0 Å². The number of unbranched alkanes of at least 4 members (excludes halogenated alkanes) is 8. The van der Waals surface area contributed by atoms with Crippen LogP contribution in [0.15, 0.2) is 24.3 Å². The molecule has 1 aromatic carbocycles. The predicted molar refractivity (Wildman–Crippen MR) is 143 cm³/mol. The van der Waals surface area contributed by atoms with E-state index in [1.807, 2.05) is 12.1 Å². The largest absolute Gasteiger partial charge is 0.494 e. The van der Waals surface area contributed by atoms with Gasteiger partial charge in [-0.1, -0.05) is 104 Å². The van der Waals surface area contributed by atoms with Crippen LogP contribution >= 0.6 is 0 Å². The third-order valence-corrected chi connectivity index (χ3v) is 7.63. The van der Waals surface area contributed by atoms with E-state index >= 15 is 0 Å². The summed E-state index contributed by atoms with van der Waals surface area (Å²) < 4.78 is 11.4. The van der Waals surface area contributed by atoms with E-state index in [4.69, 9.17) is 9.47 Å². The molecular weight excluding hydrogens is 434 g/mol. The van der Waals surface area contributed by atoms with Crippen molar-refractivity contribution in [1.29, 1.82) is 5.26 Å². The van der Waals surface area contributed by atoms with Gasteiger partial charge in [0.15, 0.2) is 5.41 Å². The number of nitriles is 1. The van der Waals surface area contributed by atoms with Gasteiger partial charge < -0.3 is 9.47 Å². The van der Waals surface area contributed by atoms with Gasteiger partial charge in [-0.15, -0.1) is 0 Å². The maximum Gasteiger partial charge on any atom is 0.331 e. The second kappa shape index (κ2) is 16.6. The van der Waals surface area contributed by atoms with E-state index < -0.39 is 11.4 Å². The van der Waals surface area contributed by atoms with Gasteiger partial charge in [-0.05, 0) is 55.9 Å². The third-order valence-electron chi connectivity index (χ3n) is 7.63. The lowest BCUT2D eigenvalue weighted by Gasteiger charge is -2.32. The molecule has 0 radical (unpaired) electrons. The Bertz CT molecular complexity index is 745. The summed E-state index contributed by atoms with van der Waals surface area (Å²) in [4.78, 5) is 12.9. The zero-order valence-electron chi connectivity index (χ0n) is 22.7. The van der Waals surface area contributed by atoms with E-state index in [1.54, 1.807) is 19.1 Å². The van der Waals surface area contributed by atoms with E-state index in [0.717, 1.165) is 30.9 Å². The fourth-order valence-electron chi connectivity index (χ4n) is 5.23. The molecule has 1 saturated carbocycles. The SMILES string of the molecule is CCCCCCCOc1ccc(OC(=O)C(C)(C#N)CC2CCC(CCCCCCC)CC2)cc1. The summed E-state index contributed by atoms with van der Waals surface area (Å²) in [6, 6.07) is 9.46. The highest BCUT2D eigenvalue weighted by atomic mass is 16.5. The molecule has 2 rings (SSSR count). The quantitative estimate of drug-likeness (QED) is 0.126. The van der Waals surface area contributed by atoms with Gasteiger partial charge in [0.1, 0.15) is 11.5 Å². The molecule has 1 aromatic rings. The van der Waals surface area contributed by atoms with Gasteiger partial charge in [0.25, 0.3) is 0 Å². The molecular formula is C31H49NO3. The predicted octanol–water partition coefficient (Wildman–Crippen LogP) is 9.03. The lowest BCUT2D eigenvalue weighted by atomic mass is 9.72. The van der Waals surface area contributed by atoms with E-state index in [0.29, 0.717) is 24.7 Å². The number of hydrogen-bond donors (Lipinski definition) is 0. The number of carbonyl (C=O) groups excluding carboxylic acids is 1.